The molecule has 0 aliphatic carbocycles. The number of aliphatic hydroxyl groups is 2. The molecule has 0 unspecified atom stereocenters. The van der Waals surface area contributed by atoms with Gasteiger partial charge in [-0.3, -0.25) is 4.79 Å². The topological polar surface area (TPSA) is 96.2 Å². The molecule has 0 saturated heterocycles. The number of aliphatic carboxylic acids is 1. The summed E-state index contributed by atoms with van der Waals surface area (Å²) in [6, 6.07) is 0. The van der Waals surface area contributed by atoms with Crippen LogP contribution in [0, 0.1) is 5.41 Å². The molecule has 0 aromatic rings. The Morgan fingerprint density at radius 2 is 1.41 bits per heavy atom. The first-order valence-electron chi connectivity index (χ1n) is 5.67. The minimum absolute atomic E-state index is 0.0661. The lowest BCUT2D eigenvalue weighted by atomic mass is 9.84. The van der Waals surface area contributed by atoms with Gasteiger partial charge in [0.25, 0.3) is 0 Å². The summed E-state index contributed by atoms with van der Waals surface area (Å²) in [4.78, 5) is 11.1. The highest BCUT2D eigenvalue weighted by atomic mass is 16.5. The van der Waals surface area contributed by atoms with E-state index < -0.39 is 11.4 Å². The van der Waals surface area contributed by atoms with Crippen LogP contribution in [0.3, 0.4) is 0 Å². The van der Waals surface area contributed by atoms with E-state index in [1.54, 1.807) is 6.92 Å². The smallest absolute Gasteiger partial charge is 0.309 e. The first kappa shape index (κ1) is 16.3. The Kier molecular flexibility index (Phi) is 8.97. The van der Waals surface area contributed by atoms with Crippen molar-refractivity contribution in [2.75, 3.05) is 39.6 Å². The molecule has 0 saturated carbocycles. The monoisotopic (exact) mass is 250 g/mol. The van der Waals surface area contributed by atoms with Crippen LogP contribution in [0.15, 0.2) is 0 Å². The predicted octanol–water partition coefficient (Wildman–Crippen LogP) is -0.125. The van der Waals surface area contributed by atoms with Crippen LogP contribution >= 0.6 is 0 Å². The highest BCUT2D eigenvalue weighted by Crippen LogP contribution is 2.26. The van der Waals surface area contributed by atoms with Gasteiger partial charge in [0.15, 0.2) is 0 Å². The minimum Gasteiger partial charge on any atom is -0.481 e. The van der Waals surface area contributed by atoms with Gasteiger partial charge in [-0.1, -0.05) is 0 Å². The van der Waals surface area contributed by atoms with Crippen molar-refractivity contribution in [2.45, 2.75) is 19.8 Å². The van der Waals surface area contributed by atoms with Gasteiger partial charge in [0, 0.05) is 13.2 Å². The van der Waals surface area contributed by atoms with E-state index in [-0.39, 0.29) is 26.4 Å². The lowest BCUT2D eigenvalue weighted by molar-refractivity contribution is -0.150. The van der Waals surface area contributed by atoms with Crippen molar-refractivity contribution in [3.8, 4) is 0 Å². The van der Waals surface area contributed by atoms with Crippen molar-refractivity contribution in [3.05, 3.63) is 0 Å². The maximum absolute atomic E-state index is 11.1. The largest absolute Gasteiger partial charge is 0.481 e. The van der Waals surface area contributed by atoms with E-state index >= 15 is 0 Å². The molecule has 0 atom stereocenters. The zero-order valence-corrected chi connectivity index (χ0v) is 10.2. The Morgan fingerprint density at radius 1 is 1.00 bits per heavy atom. The Bertz CT molecular complexity index is 194. The molecule has 102 valence electrons. The molecule has 6 heteroatoms. The number of carbonyl (C=O) groups is 1. The van der Waals surface area contributed by atoms with Crippen LogP contribution in [0.5, 0.6) is 0 Å². The summed E-state index contributed by atoms with van der Waals surface area (Å²) in [6.07, 6.45) is 0.732. The fourth-order valence-electron chi connectivity index (χ4n) is 1.27. The van der Waals surface area contributed by atoms with Gasteiger partial charge >= 0.3 is 5.97 Å². The quantitative estimate of drug-likeness (QED) is 0.442. The predicted molar refractivity (Wildman–Crippen MR) is 60.8 cm³/mol. The molecule has 0 aliphatic rings. The molecule has 0 aromatic heterocycles. The van der Waals surface area contributed by atoms with Crippen LogP contribution in [0.25, 0.3) is 0 Å². The van der Waals surface area contributed by atoms with E-state index in [0.717, 1.165) is 0 Å². The van der Waals surface area contributed by atoms with E-state index in [2.05, 4.69) is 0 Å². The molecular weight excluding hydrogens is 228 g/mol. The Labute approximate surface area is 101 Å². The van der Waals surface area contributed by atoms with Crippen molar-refractivity contribution >= 4 is 5.97 Å². The molecule has 0 amide bonds. The Morgan fingerprint density at radius 3 is 1.71 bits per heavy atom. The second-order valence-electron chi connectivity index (χ2n) is 4.04. The second kappa shape index (κ2) is 9.35. The lowest BCUT2D eigenvalue weighted by Gasteiger charge is -2.24. The van der Waals surface area contributed by atoms with Crippen LogP contribution in [0.1, 0.15) is 19.8 Å². The molecule has 0 heterocycles. The third-order valence-electron chi connectivity index (χ3n) is 2.58. The van der Waals surface area contributed by atoms with E-state index in [0.29, 0.717) is 26.1 Å². The summed E-state index contributed by atoms with van der Waals surface area (Å²) in [5.74, 6) is -0.891. The molecule has 6 nitrogen and oxygen atoms in total. The third kappa shape index (κ3) is 7.27. The van der Waals surface area contributed by atoms with Gasteiger partial charge in [-0.25, -0.2) is 0 Å². The summed E-state index contributed by atoms with van der Waals surface area (Å²) < 4.78 is 10.1. The molecule has 0 aliphatic heterocycles. The van der Waals surface area contributed by atoms with Crippen LogP contribution in [-0.4, -0.2) is 60.9 Å². The zero-order chi connectivity index (χ0) is 13.1. The van der Waals surface area contributed by atoms with Crippen molar-refractivity contribution < 1.29 is 29.6 Å². The SMILES string of the molecule is CC(CCOCCO)(CCOCCO)C(=O)O. The number of carboxylic acid groups (broad SMARTS) is 1. The van der Waals surface area contributed by atoms with Gasteiger partial charge in [-0.05, 0) is 19.8 Å². The van der Waals surface area contributed by atoms with E-state index in [9.17, 15) is 4.79 Å². The van der Waals surface area contributed by atoms with Crippen molar-refractivity contribution in [3.63, 3.8) is 0 Å². The molecule has 0 aromatic carbocycles. The standard InChI is InChI=1S/C11H22O6/c1-11(10(14)15,2-6-16-8-4-12)3-7-17-9-5-13/h12-13H,2-9H2,1H3,(H,14,15). The molecule has 0 spiro atoms. The lowest BCUT2D eigenvalue weighted by Crippen LogP contribution is -2.31. The molecular formula is C11H22O6. The van der Waals surface area contributed by atoms with Gasteiger partial charge in [0.05, 0.1) is 31.8 Å². The number of hydrogen-bond donors (Lipinski definition) is 3. The number of ether oxygens (including phenoxy) is 2. The molecule has 3 N–H and O–H groups in total. The van der Waals surface area contributed by atoms with Gasteiger partial charge in [-0.15, -0.1) is 0 Å². The van der Waals surface area contributed by atoms with Crippen molar-refractivity contribution in [1.82, 2.24) is 0 Å². The van der Waals surface area contributed by atoms with Crippen LogP contribution in [0.2, 0.25) is 0 Å². The Balaban J connectivity index is 3.94. The maximum Gasteiger partial charge on any atom is 0.309 e. The first-order valence-corrected chi connectivity index (χ1v) is 5.67. The van der Waals surface area contributed by atoms with Crippen molar-refractivity contribution in [2.24, 2.45) is 5.41 Å². The average molecular weight is 250 g/mol. The highest BCUT2D eigenvalue weighted by molar-refractivity contribution is 5.74. The number of carboxylic acids is 1. The summed E-state index contributed by atoms with van der Waals surface area (Å²) in [6.45, 7) is 2.53. The van der Waals surface area contributed by atoms with E-state index in [1.165, 1.54) is 0 Å². The average Bonchev–Trinajstić information content (AvgIpc) is 2.30. The van der Waals surface area contributed by atoms with Crippen LogP contribution in [-0.2, 0) is 14.3 Å². The molecule has 0 bridgehead atoms. The number of hydrogen-bond acceptors (Lipinski definition) is 5. The number of rotatable bonds is 11. The van der Waals surface area contributed by atoms with Gasteiger partial charge in [-0.2, -0.15) is 0 Å². The minimum atomic E-state index is -0.898. The third-order valence-corrected chi connectivity index (χ3v) is 2.58. The van der Waals surface area contributed by atoms with Gasteiger partial charge in [0.2, 0.25) is 0 Å². The maximum atomic E-state index is 11.1. The second-order valence-corrected chi connectivity index (χ2v) is 4.04. The van der Waals surface area contributed by atoms with Crippen molar-refractivity contribution in [1.29, 1.82) is 0 Å². The fraction of sp³-hybridized carbons (Fsp3) is 0.909. The number of aliphatic hydroxyl groups excluding tert-OH is 2. The summed E-state index contributed by atoms with van der Waals surface area (Å²) >= 11 is 0. The molecule has 0 fully saturated rings. The first-order chi connectivity index (χ1) is 8.06. The van der Waals surface area contributed by atoms with Gasteiger partial charge in [0.1, 0.15) is 0 Å². The van der Waals surface area contributed by atoms with Gasteiger partial charge < -0.3 is 24.8 Å². The summed E-state index contributed by atoms with van der Waals surface area (Å²) in [5, 5.41) is 26.2. The normalized spacial score (nSPS) is 11.7. The Hall–Kier alpha value is -0.690. The fourth-order valence-corrected chi connectivity index (χ4v) is 1.27. The molecule has 0 radical (unpaired) electrons. The molecule has 0 rings (SSSR count). The zero-order valence-electron chi connectivity index (χ0n) is 10.2. The summed E-state index contributed by atoms with van der Waals surface area (Å²) in [7, 11) is 0. The van der Waals surface area contributed by atoms with E-state index in [1.807, 2.05) is 0 Å². The highest BCUT2D eigenvalue weighted by Gasteiger charge is 2.32. The molecule has 17 heavy (non-hydrogen) atoms. The van der Waals surface area contributed by atoms with Crippen LogP contribution in [0.4, 0.5) is 0 Å². The van der Waals surface area contributed by atoms with E-state index in [4.69, 9.17) is 24.8 Å². The summed E-state index contributed by atoms with van der Waals surface area (Å²) in [5.41, 5.74) is -0.898. The van der Waals surface area contributed by atoms with Crippen LogP contribution < -0.4 is 0 Å².